The highest BCUT2D eigenvalue weighted by molar-refractivity contribution is 5.68. The molecule has 0 saturated carbocycles. The number of nitrogens with zero attached hydrogens (tertiary/aromatic N) is 1. The SMILES string of the molecule is N[C@@H]1CCN(C(=O)O)C[C@H]1NC(=O)OCc1ccccc1. The molecule has 7 nitrogen and oxygen atoms in total. The van der Waals surface area contributed by atoms with Crippen LogP contribution in [0.2, 0.25) is 0 Å². The molecule has 1 aliphatic rings. The quantitative estimate of drug-likeness (QED) is 0.771. The van der Waals surface area contributed by atoms with E-state index in [0.29, 0.717) is 13.0 Å². The minimum absolute atomic E-state index is 0.164. The molecule has 1 saturated heterocycles. The Morgan fingerprint density at radius 1 is 1.38 bits per heavy atom. The fraction of sp³-hybridized carbons (Fsp3) is 0.429. The lowest BCUT2D eigenvalue weighted by Crippen LogP contribution is -2.59. The minimum atomic E-state index is -1.01. The molecule has 1 heterocycles. The normalized spacial score (nSPS) is 21.7. The molecule has 21 heavy (non-hydrogen) atoms. The highest BCUT2D eigenvalue weighted by atomic mass is 16.5. The third kappa shape index (κ3) is 4.35. The summed E-state index contributed by atoms with van der Waals surface area (Å²) < 4.78 is 5.10. The molecule has 1 aromatic carbocycles. The zero-order valence-electron chi connectivity index (χ0n) is 11.6. The summed E-state index contributed by atoms with van der Waals surface area (Å²) in [7, 11) is 0. The average Bonchev–Trinajstić information content (AvgIpc) is 2.48. The maximum atomic E-state index is 11.8. The van der Waals surface area contributed by atoms with Crippen molar-refractivity contribution < 1.29 is 19.4 Å². The summed E-state index contributed by atoms with van der Waals surface area (Å²) in [5.41, 5.74) is 6.79. The first-order chi connectivity index (χ1) is 10.1. The number of ether oxygens (including phenoxy) is 1. The van der Waals surface area contributed by atoms with E-state index in [4.69, 9.17) is 15.6 Å². The van der Waals surface area contributed by atoms with Gasteiger partial charge in [-0.3, -0.25) is 0 Å². The summed E-state index contributed by atoms with van der Waals surface area (Å²) in [5, 5.41) is 11.6. The van der Waals surface area contributed by atoms with Crippen molar-refractivity contribution in [3.05, 3.63) is 35.9 Å². The van der Waals surface area contributed by atoms with E-state index in [-0.39, 0.29) is 19.2 Å². The van der Waals surface area contributed by atoms with Gasteiger partial charge in [0.15, 0.2) is 0 Å². The topological polar surface area (TPSA) is 105 Å². The molecule has 4 N–H and O–H groups in total. The maximum absolute atomic E-state index is 11.8. The summed E-state index contributed by atoms with van der Waals surface area (Å²) in [5.74, 6) is 0. The van der Waals surface area contributed by atoms with E-state index in [9.17, 15) is 9.59 Å². The third-order valence-corrected chi connectivity index (χ3v) is 3.45. The van der Waals surface area contributed by atoms with E-state index in [1.54, 1.807) is 0 Å². The first-order valence-corrected chi connectivity index (χ1v) is 6.77. The second kappa shape index (κ2) is 6.94. The smallest absolute Gasteiger partial charge is 0.407 e. The van der Waals surface area contributed by atoms with Crippen molar-refractivity contribution in [2.75, 3.05) is 13.1 Å². The van der Waals surface area contributed by atoms with E-state index < -0.39 is 18.2 Å². The Bertz CT molecular complexity index is 494. The van der Waals surface area contributed by atoms with Gasteiger partial charge in [-0.2, -0.15) is 0 Å². The van der Waals surface area contributed by atoms with E-state index in [1.807, 2.05) is 30.3 Å². The first-order valence-electron chi connectivity index (χ1n) is 6.77. The van der Waals surface area contributed by atoms with Gasteiger partial charge in [-0.25, -0.2) is 9.59 Å². The molecule has 2 amide bonds. The fourth-order valence-corrected chi connectivity index (χ4v) is 2.21. The van der Waals surface area contributed by atoms with E-state index >= 15 is 0 Å². The molecule has 0 spiro atoms. The maximum Gasteiger partial charge on any atom is 0.407 e. The molecule has 2 atom stereocenters. The molecule has 1 aliphatic heterocycles. The molecular weight excluding hydrogens is 274 g/mol. The Morgan fingerprint density at radius 3 is 2.76 bits per heavy atom. The Morgan fingerprint density at radius 2 is 2.10 bits per heavy atom. The largest absolute Gasteiger partial charge is 0.465 e. The van der Waals surface area contributed by atoms with E-state index in [0.717, 1.165) is 5.56 Å². The minimum Gasteiger partial charge on any atom is -0.465 e. The zero-order valence-corrected chi connectivity index (χ0v) is 11.6. The average molecular weight is 293 g/mol. The Kier molecular flexibility index (Phi) is 4.99. The zero-order chi connectivity index (χ0) is 15.2. The second-order valence-corrected chi connectivity index (χ2v) is 4.99. The molecule has 2 rings (SSSR count). The van der Waals surface area contributed by atoms with Crippen LogP contribution in [-0.2, 0) is 11.3 Å². The number of hydrogen-bond donors (Lipinski definition) is 3. The van der Waals surface area contributed by atoms with Gasteiger partial charge in [0.05, 0.1) is 6.04 Å². The van der Waals surface area contributed by atoms with E-state index in [2.05, 4.69) is 5.32 Å². The van der Waals surface area contributed by atoms with Gasteiger partial charge in [-0.15, -0.1) is 0 Å². The molecule has 1 aromatic rings. The van der Waals surface area contributed by atoms with Gasteiger partial charge in [0.1, 0.15) is 6.61 Å². The molecular formula is C14H19N3O4. The van der Waals surface area contributed by atoms with Crippen LogP contribution in [0.15, 0.2) is 30.3 Å². The Balaban J connectivity index is 1.82. The van der Waals surface area contributed by atoms with Gasteiger partial charge < -0.3 is 25.8 Å². The van der Waals surface area contributed by atoms with Gasteiger partial charge in [0, 0.05) is 19.1 Å². The molecule has 114 valence electrons. The number of piperidine rings is 1. The van der Waals surface area contributed by atoms with Crippen LogP contribution in [-0.4, -0.2) is 47.4 Å². The number of carbonyl (C=O) groups excluding carboxylic acids is 1. The number of alkyl carbamates (subject to hydrolysis) is 1. The second-order valence-electron chi connectivity index (χ2n) is 4.99. The fourth-order valence-electron chi connectivity index (χ4n) is 2.21. The highest BCUT2D eigenvalue weighted by Gasteiger charge is 2.30. The lowest BCUT2D eigenvalue weighted by molar-refractivity contribution is 0.107. The number of carbonyl (C=O) groups is 2. The van der Waals surface area contributed by atoms with Crippen LogP contribution >= 0.6 is 0 Å². The van der Waals surface area contributed by atoms with Crippen LogP contribution < -0.4 is 11.1 Å². The molecule has 7 heteroatoms. The number of amides is 2. The number of benzene rings is 1. The van der Waals surface area contributed by atoms with Gasteiger partial charge in [-0.05, 0) is 12.0 Å². The molecule has 0 radical (unpaired) electrons. The summed E-state index contributed by atoms with van der Waals surface area (Å²) in [6, 6.07) is 8.60. The van der Waals surface area contributed by atoms with Crippen molar-refractivity contribution in [3.63, 3.8) is 0 Å². The van der Waals surface area contributed by atoms with Crippen molar-refractivity contribution in [2.24, 2.45) is 5.73 Å². The predicted octanol–water partition coefficient (Wildman–Crippen LogP) is 0.992. The van der Waals surface area contributed by atoms with Gasteiger partial charge >= 0.3 is 12.2 Å². The Labute approximate surface area is 122 Å². The lowest BCUT2D eigenvalue weighted by atomic mass is 10.0. The predicted molar refractivity (Wildman–Crippen MR) is 75.7 cm³/mol. The van der Waals surface area contributed by atoms with Crippen molar-refractivity contribution in [1.29, 1.82) is 0 Å². The van der Waals surface area contributed by atoms with Gasteiger partial charge in [-0.1, -0.05) is 30.3 Å². The number of rotatable bonds is 3. The monoisotopic (exact) mass is 293 g/mol. The van der Waals surface area contributed by atoms with Crippen LogP contribution in [0.3, 0.4) is 0 Å². The first kappa shape index (κ1) is 15.1. The molecule has 0 aliphatic carbocycles. The molecule has 1 fully saturated rings. The van der Waals surface area contributed by atoms with Crippen LogP contribution in [0.1, 0.15) is 12.0 Å². The van der Waals surface area contributed by atoms with Crippen LogP contribution in [0.5, 0.6) is 0 Å². The number of nitrogens with two attached hydrogens (primary N) is 1. The van der Waals surface area contributed by atoms with Gasteiger partial charge in [0.2, 0.25) is 0 Å². The summed E-state index contributed by atoms with van der Waals surface area (Å²) in [6.07, 6.45) is -1.09. The van der Waals surface area contributed by atoms with Crippen molar-refractivity contribution in [2.45, 2.75) is 25.1 Å². The van der Waals surface area contributed by atoms with Crippen LogP contribution in [0, 0.1) is 0 Å². The summed E-state index contributed by atoms with van der Waals surface area (Å²) >= 11 is 0. The van der Waals surface area contributed by atoms with Crippen molar-refractivity contribution in [3.8, 4) is 0 Å². The van der Waals surface area contributed by atoms with Crippen LogP contribution in [0.25, 0.3) is 0 Å². The number of hydrogen-bond acceptors (Lipinski definition) is 4. The Hall–Kier alpha value is -2.28. The van der Waals surface area contributed by atoms with Crippen molar-refractivity contribution >= 4 is 12.2 Å². The van der Waals surface area contributed by atoms with Gasteiger partial charge in [0.25, 0.3) is 0 Å². The highest BCUT2D eigenvalue weighted by Crippen LogP contribution is 2.10. The van der Waals surface area contributed by atoms with Crippen LogP contribution in [0.4, 0.5) is 9.59 Å². The summed E-state index contributed by atoms with van der Waals surface area (Å²) in [4.78, 5) is 23.9. The molecule has 0 bridgehead atoms. The molecule has 0 aromatic heterocycles. The van der Waals surface area contributed by atoms with Crippen molar-refractivity contribution in [1.82, 2.24) is 10.2 Å². The summed E-state index contributed by atoms with van der Waals surface area (Å²) in [6.45, 7) is 0.724. The third-order valence-electron chi connectivity index (χ3n) is 3.45. The molecule has 0 unspecified atom stereocenters. The number of nitrogens with one attached hydrogen (secondary N) is 1. The lowest BCUT2D eigenvalue weighted by Gasteiger charge is -2.35. The number of likely N-dealkylation sites (tertiary alicyclic amines) is 1. The standard InChI is InChI=1S/C14H19N3O4/c15-11-6-7-17(14(19)20)8-12(11)16-13(18)21-9-10-4-2-1-3-5-10/h1-5,11-12H,6-9,15H2,(H,16,18)(H,19,20)/t11-,12-/m1/s1. The van der Waals surface area contributed by atoms with E-state index in [1.165, 1.54) is 4.90 Å². The number of carboxylic acid groups (broad SMARTS) is 1.